The van der Waals surface area contributed by atoms with Crippen LogP contribution in [0.5, 0.6) is 0 Å². The molecule has 1 aliphatic rings. The molecule has 2 N–H and O–H groups in total. The van der Waals surface area contributed by atoms with E-state index in [1.807, 2.05) is 6.92 Å². The van der Waals surface area contributed by atoms with Crippen molar-refractivity contribution in [2.45, 2.75) is 32.6 Å². The van der Waals surface area contributed by atoms with E-state index in [0.717, 1.165) is 29.9 Å². The van der Waals surface area contributed by atoms with Gasteiger partial charge in [0.25, 0.3) is 5.91 Å². The number of hydrogen-bond acceptors (Lipinski definition) is 3. The van der Waals surface area contributed by atoms with Crippen molar-refractivity contribution in [2.24, 2.45) is 5.92 Å². The summed E-state index contributed by atoms with van der Waals surface area (Å²) in [5.41, 5.74) is 0.600. The predicted octanol–water partition coefficient (Wildman–Crippen LogP) is 3.20. The Kier molecular flexibility index (Phi) is 5.19. The first-order chi connectivity index (χ1) is 9.20. The highest BCUT2D eigenvalue weighted by Gasteiger charge is 2.20. The van der Waals surface area contributed by atoms with E-state index >= 15 is 0 Å². The van der Waals surface area contributed by atoms with Crippen LogP contribution in [0.25, 0.3) is 0 Å². The van der Waals surface area contributed by atoms with Gasteiger partial charge in [-0.25, -0.2) is 4.98 Å². The molecule has 1 aliphatic carbocycles. The fourth-order valence-corrected chi connectivity index (χ4v) is 2.35. The number of aromatic nitrogens is 1. The molecule has 0 bridgehead atoms. The van der Waals surface area contributed by atoms with Gasteiger partial charge in [-0.3, -0.25) is 4.79 Å². The van der Waals surface area contributed by atoms with Crippen molar-refractivity contribution in [3.63, 3.8) is 0 Å². The van der Waals surface area contributed by atoms with Gasteiger partial charge in [0.05, 0.1) is 5.56 Å². The second kappa shape index (κ2) is 6.89. The summed E-state index contributed by atoms with van der Waals surface area (Å²) in [5, 5.41) is 6.08. The molecule has 0 atom stereocenters. The molecule has 19 heavy (non-hydrogen) atoms. The summed E-state index contributed by atoms with van der Waals surface area (Å²) in [6, 6.07) is 1.81. The van der Waals surface area contributed by atoms with E-state index in [-0.39, 0.29) is 5.91 Å². The molecule has 1 amide bonds. The second-order valence-corrected chi connectivity index (χ2v) is 5.84. The Balaban J connectivity index is 1.90. The molecule has 0 unspecified atom stereocenters. The molecule has 1 fully saturated rings. The number of halogens is 1. The number of nitrogens with one attached hydrogen (secondary N) is 2. The molecule has 0 aromatic carbocycles. The minimum Gasteiger partial charge on any atom is -0.370 e. The first kappa shape index (κ1) is 14.3. The zero-order valence-corrected chi connectivity index (χ0v) is 12.8. The van der Waals surface area contributed by atoms with E-state index in [4.69, 9.17) is 0 Å². The van der Waals surface area contributed by atoms with Gasteiger partial charge in [-0.15, -0.1) is 0 Å². The van der Waals surface area contributed by atoms with Gasteiger partial charge in [-0.05, 0) is 47.7 Å². The third-order valence-electron chi connectivity index (χ3n) is 3.21. The van der Waals surface area contributed by atoms with E-state index in [1.165, 1.54) is 19.3 Å². The van der Waals surface area contributed by atoms with Crippen molar-refractivity contribution < 1.29 is 4.79 Å². The Morgan fingerprint density at radius 2 is 2.32 bits per heavy atom. The van der Waals surface area contributed by atoms with Crippen molar-refractivity contribution in [1.29, 1.82) is 0 Å². The lowest BCUT2D eigenvalue weighted by molar-refractivity contribution is 0.0953. The SMILES string of the molecule is CCNc1ncc(Br)cc1C(=O)NCCCC1CC1. The van der Waals surface area contributed by atoms with E-state index in [0.29, 0.717) is 11.4 Å². The smallest absolute Gasteiger partial charge is 0.255 e. The Hall–Kier alpha value is -1.10. The van der Waals surface area contributed by atoms with Gasteiger partial charge in [-0.2, -0.15) is 0 Å². The zero-order valence-electron chi connectivity index (χ0n) is 11.2. The average molecular weight is 326 g/mol. The molecular weight excluding hydrogens is 306 g/mol. The molecule has 1 heterocycles. The lowest BCUT2D eigenvalue weighted by Crippen LogP contribution is -2.26. The van der Waals surface area contributed by atoms with Crippen molar-refractivity contribution in [3.05, 3.63) is 22.3 Å². The van der Waals surface area contributed by atoms with Crippen LogP contribution in [-0.4, -0.2) is 24.0 Å². The van der Waals surface area contributed by atoms with Gasteiger partial charge in [0.1, 0.15) is 5.82 Å². The third-order valence-corrected chi connectivity index (χ3v) is 3.65. The molecule has 0 spiro atoms. The van der Waals surface area contributed by atoms with E-state index < -0.39 is 0 Å². The number of amides is 1. The molecule has 104 valence electrons. The van der Waals surface area contributed by atoms with Crippen LogP contribution in [0.15, 0.2) is 16.7 Å². The maximum absolute atomic E-state index is 12.1. The van der Waals surface area contributed by atoms with Crippen molar-refractivity contribution in [3.8, 4) is 0 Å². The monoisotopic (exact) mass is 325 g/mol. The topological polar surface area (TPSA) is 54.0 Å². The van der Waals surface area contributed by atoms with Gasteiger partial charge >= 0.3 is 0 Å². The summed E-state index contributed by atoms with van der Waals surface area (Å²) in [5.74, 6) is 1.51. The van der Waals surface area contributed by atoms with Gasteiger partial charge in [0, 0.05) is 23.8 Å². The van der Waals surface area contributed by atoms with Crippen LogP contribution in [0.3, 0.4) is 0 Å². The molecule has 1 aromatic rings. The zero-order chi connectivity index (χ0) is 13.7. The number of carbonyl (C=O) groups is 1. The molecule has 1 aromatic heterocycles. The third kappa shape index (κ3) is 4.49. The maximum atomic E-state index is 12.1. The van der Waals surface area contributed by atoms with Crippen molar-refractivity contribution >= 4 is 27.7 Å². The van der Waals surface area contributed by atoms with Crippen LogP contribution >= 0.6 is 15.9 Å². The lowest BCUT2D eigenvalue weighted by atomic mass is 10.2. The lowest BCUT2D eigenvalue weighted by Gasteiger charge is -2.10. The van der Waals surface area contributed by atoms with Crippen LogP contribution in [-0.2, 0) is 0 Å². The molecule has 0 radical (unpaired) electrons. The number of nitrogens with zero attached hydrogens (tertiary/aromatic N) is 1. The predicted molar refractivity (Wildman–Crippen MR) is 80.4 cm³/mol. The van der Waals surface area contributed by atoms with Crippen LogP contribution in [0.2, 0.25) is 0 Å². The Morgan fingerprint density at radius 3 is 3.00 bits per heavy atom. The van der Waals surface area contributed by atoms with Crippen LogP contribution in [0.1, 0.15) is 43.0 Å². The molecule has 4 nitrogen and oxygen atoms in total. The van der Waals surface area contributed by atoms with E-state index in [2.05, 4.69) is 31.5 Å². The van der Waals surface area contributed by atoms with Gasteiger partial charge < -0.3 is 10.6 Å². The molecular formula is C14H20BrN3O. The Morgan fingerprint density at radius 1 is 1.53 bits per heavy atom. The first-order valence-corrected chi connectivity index (χ1v) is 7.67. The summed E-state index contributed by atoms with van der Waals surface area (Å²) >= 11 is 3.35. The quantitative estimate of drug-likeness (QED) is 0.757. The summed E-state index contributed by atoms with van der Waals surface area (Å²) in [7, 11) is 0. The standard InChI is InChI=1S/C14H20BrN3O/c1-2-16-13-12(8-11(15)9-18-13)14(19)17-7-3-4-10-5-6-10/h8-10H,2-7H2,1H3,(H,16,18)(H,17,19). The molecule has 0 aliphatic heterocycles. The average Bonchev–Trinajstić information content (AvgIpc) is 3.21. The van der Waals surface area contributed by atoms with Gasteiger partial charge in [-0.1, -0.05) is 12.8 Å². The van der Waals surface area contributed by atoms with E-state index in [1.54, 1.807) is 12.3 Å². The summed E-state index contributed by atoms with van der Waals surface area (Å²) < 4.78 is 0.817. The molecule has 0 saturated heterocycles. The largest absolute Gasteiger partial charge is 0.370 e. The second-order valence-electron chi connectivity index (χ2n) is 4.92. The van der Waals surface area contributed by atoms with E-state index in [9.17, 15) is 4.79 Å². The van der Waals surface area contributed by atoms with Crippen molar-refractivity contribution in [2.75, 3.05) is 18.4 Å². The fourth-order valence-electron chi connectivity index (χ4n) is 2.02. The molecule has 2 rings (SSSR count). The summed E-state index contributed by atoms with van der Waals surface area (Å²) in [6.07, 6.45) is 6.73. The number of anilines is 1. The minimum absolute atomic E-state index is 0.0550. The summed E-state index contributed by atoms with van der Waals surface area (Å²) in [4.78, 5) is 16.4. The van der Waals surface area contributed by atoms with Crippen LogP contribution in [0.4, 0.5) is 5.82 Å². The molecule has 5 heteroatoms. The number of pyridine rings is 1. The number of hydrogen-bond donors (Lipinski definition) is 2. The van der Waals surface area contributed by atoms with Crippen molar-refractivity contribution in [1.82, 2.24) is 10.3 Å². The van der Waals surface area contributed by atoms with Gasteiger partial charge in [0.15, 0.2) is 0 Å². The van der Waals surface area contributed by atoms with Crippen LogP contribution in [0, 0.1) is 5.92 Å². The summed E-state index contributed by atoms with van der Waals surface area (Å²) in [6.45, 7) is 3.48. The van der Waals surface area contributed by atoms with Gasteiger partial charge in [0.2, 0.25) is 0 Å². The fraction of sp³-hybridized carbons (Fsp3) is 0.571. The normalized spacial score (nSPS) is 14.2. The Bertz CT molecular complexity index is 446. The highest BCUT2D eigenvalue weighted by Crippen LogP contribution is 2.33. The highest BCUT2D eigenvalue weighted by molar-refractivity contribution is 9.10. The Labute approximate surface area is 122 Å². The highest BCUT2D eigenvalue weighted by atomic mass is 79.9. The number of carbonyl (C=O) groups excluding carboxylic acids is 1. The number of rotatable bonds is 7. The molecule has 1 saturated carbocycles. The first-order valence-electron chi connectivity index (χ1n) is 6.88. The maximum Gasteiger partial charge on any atom is 0.255 e. The minimum atomic E-state index is -0.0550. The van der Waals surface area contributed by atoms with Crippen LogP contribution < -0.4 is 10.6 Å².